The molecule has 0 radical (unpaired) electrons. The topological polar surface area (TPSA) is 95.5 Å². The zero-order valence-corrected chi connectivity index (χ0v) is 14.7. The summed E-state index contributed by atoms with van der Waals surface area (Å²) in [4.78, 5) is 30.1. The third-order valence-corrected chi connectivity index (χ3v) is 5.04. The van der Waals surface area contributed by atoms with E-state index in [9.17, 15) is 4.79 Å². The van der Waals surface area contributed by atoms with E-state index in [1.54, 1.807) is 17.1 Å². The molecule has 4 aromatic rings. The number of aromatic nitrogens is 6. The number of hydrogen-bond donors (Lipinski definition) is 2. The Labute approximate surface area is 154 Å². The second kappa shape index (κ2) is 6.48. The molecule has 0 aliphatic carbocycles. The van der Waals surface area contributed by atoms with Crippen molar-refractivity contribution in [1.29, 1.82) is 0 Å². The molecule has 8 nitrogen and oxygen atoms in total. The smallest absolute Gasteiger partial charge is 0.262 e. The van der Waals surface area contributed by atoms with Crippen LogP contribution in [0, 0.1) is 0 Å². The summed E-state index contributed by atoms with van der Waals surface area (Å²) in [6.07, 6.45) is 7.33. The van der Waals surface area contributed by atoms with Gasteiger partial charge >= 0.3 is 0 Å². The maximum Gasteiger partial charge on any atom is 0.262 e. The first-order chi connectivity index (χ1) is 13.3. The molecule has 4 heterocycles. The lowest BCUT2D eigenvalue weighted by molar-refractivity contribution is 0.235. The fourth-order valence-electron chi connectivity index (χ4n) is 3.77. The van der Waals surface area contributed by atoms with Crippen LogP contribution in [-0.2, 0) is 6.54 Å². The zero-order valence-electron chi connectivity index (χ0n) is 14.7. The molecule has 1 saturated heterocycles. The van der Waals surface area contributed by atoms with Gasteiger partial charge in [-0.05, 0) is 31.5 Å². The molecule has 27 heavy (non-hydrogen) atoms. The first-order valence-electron chi connectivity index (χ1n) is 9.05. The Morgan fingerprint density at radius 1 is 1.22 bits per heavy atom. The minimum atomic E-state index is -0.161. The van der Waals surface area contributed by atoms with Crippen LogP contribution >= 0.6 is 0 Å². The SMILES string of the molecule is O=c1[nH]c(CN2CCCC2c2ncc[nH]2)nc2c1cnn2-c1ccccc1. The van der Waals surface area contributed by atoms with Crippen LogP contribution in [0.15, 0.2) is 53.7 Å². The molecule has 1 aliphatic heterocycles. The van der Waals surface area contributed by atoms with E-state index >= 15 is 0 Å². The van der Waals surface area contributed by atoms with Crippen molar-refractivity contribution >= 4 is 11.0 Å². The standard InChI is InChI=1S/C19H19N7O/c27-19-14-11-22-26(13-5-2-1-3-6-13)18(14)23-16(24-19)12-25-10-4-7-15(25)17-20-8-9-21-17/h1-3,5-6,8-9,11,15H,4,7,10,12H2,(H,20,21)(H,23,24,27). The summed E-state index contributed by atoms with van der Waals surface area (Å²) in [5, 5.41) is 4.85. The summed E-state index contributed by atoms with van der Waals surface area (Å²) < 4.78 is 1.71. The van der Waals surface area contributed by atoms with Crippen LogP contribution in [0.1, 0.15) is 30.5 Å². The molecule has 1 aromatic carbocycles. The Hall–Kier alpha value is -3.26. The first-order valence-corrected chi connectivity index (χ1v) is 9.05. The van der Waals surface area contributed by atoms with Gasteiger partial charge in [-0.1, -0.05) is 18.2 Å². The van der Waals surface area contributed by atoms with E-state index in [0.29, 0.717) is 23.4 Å². The lowest BCUT2D eigenvalue weighted by atomic mass is 10.2. The molecule has 1 unspecified atom stereocenters. The average molecular weight is 361 g/mol. The molecule has 1 aliphatic rings. The number of H-pyrrole nitrogens is 2. The van der Waals surface area contributed by atoms with Crippen molar-refractivity contribution in [2.45, 2.75) is 25.4 Å². The van der Waals surface area contributed by atoms with E-state index in [2.05, 4.69) is 25.0 Å². The number of hydrogen-bond acceptors (Lipinski definition) is 5. The van der Waals surface area contributed by atoms with Gasteiger partial charge in [-0.25, -0.2) is 14.6 Å². The van der Waals surface area contributed by atoms with Gasteiger partial charge in [-0.2, -0.15) is 5.10 Å². The predicted octanol–water partition coefficient (Wildman–Crippen LogP) is 2.17. The zero-order chi connectivity index (χ0) is 18.2. The van der Waals surface area contributed by atoms with Crippen molar-refractivity contribution in [2.75, 3.05) is 6.54 Å². The van der Waals surface area contributed by atoms with Crippen molar-refractivity contribution < 1.29 is 0 Å². The Kier molecular flexibility index (Phi) is 3.83. The quantitative estimate of drug-likeness (QED) is 0.581. The summed E-state index contributed by atoms with van der Waals surface area (Å²) in [7, 11) is 0. The first kappa shape index (κ1) is 16.0. The van der Waals surface area contributed by atoms with Crippen LogP contribution in [0.4, 0.5) is 0 Å². The van der Waals surface area contributed by atoms with Crippen LogP contribution in [-0.4, -0.2) is 41.2 Å². The Balaban J connectivity index is 1.51. The van der Waals surface area contributed by atoms with E-state index < -0.39 is 0 Å². The van der Waals surface area contributed by atoms with Crippen molar-refractivity contribution in [1.82, 2.24) is 34.6 Å². The molecule has 2 N–H and O–H groups in total. The molecular weight excluding hydrogens is 342 g/mol. The molecule has 8 heteroatoms. The van der Waals surface area contributed by atoms with E-state index in [4.69, 9.17) is 4.98 Å². The molecule has 136 valence electrons. The third kappa shape index (κ3) is 2.83. The summed E-state index contributed by atoms with van der Waals surface area (Å²) in [5.41, 5.74) is 1.30. The normalized spacial score (nSPS) is 17.7. The van der Waals surface area contributed by atoms with E-state index in [1.165, 1.54) is 0 Å². The number of fused-ring (bicyclic) bond motifs is 1. The van der Waals surface area contributed by atoms with E-state index in [-0.39, 0.29) is 11.6 Å². The number of likely N-dealkylation sites (tertiary alicyclic amines) is 1. The number of nitrogens with one attached hydrogen (secondary N) is 2. The monoisotopic (exact) mass is 361 g/mol. The number of benzene rings is 1. The third-order valence-electron chi connectivity index (χ3n) is 5.04. The van der Waals surface area contributed by atoms with Gasteiger partial charge in [0.1, 0.15) is 17.0 Å². The van der Waals surface area contributed by atoms with Gasteiger partial charge in [0, 0.05) is 12.4 Å². The van der Waals surface area contributed by atoms with Gasteiger partial charge < -0.3 is 9.97 Å². The molecule has 0 amide bonds. The molecule has 1 fully saturated rings. The van der Waals surface area contributed by atoms with Crippen LogP contribution in [0.5, 0.6) is 0 Å². The van der Waals surface area contributed by atoms with E-state index in [0.717, 1.165) is 30.9 Å². The molecule has 5 rings (SSSR count). The van der Waals surface area contributed by atoms with Crippen LogP contribution in [0.3, 0.4) is 0 Å². The molecule has 0 bridgehead atoms. The minimum Gasteiger partial charge on any atom is -0.347 e. The fourth-order valence-corrected chi connectivity index (χ4v) is 3.77. The van der Waals surface area contributed by atoms with Gasteiger partial charge in [0.2, 0.25) is 0 Å². The van der Waals surface area contributed by atoms with E-state index in [1.807, 2.05) is 36.5 Å². The maximum atomic E-state index is 12.5. The lowest BCUT2D eigenvalue weighted by Crippen LogP contribution is -2.26. The summed E-state index contributed by atoms with van der Waals surface area (Å²) in [6.45, 7) is 1.52. The van der Waals surface area contributed by atoms with Gasteiger partial charge in [0.15, 0.2) is 5.65 Å². The number of aromatic amines is 2. The maximum absolute atomic E-state index is 12.5. The number of rotatable bonds is 4. The highest BCUT2D eigenvalue weighted by atomic mass is 16.1. The Morgan fingerprint density at radius 2 is 2.11 bits per heavy atom. The number of nitrogens with zero attached hydrogens (tertiary/aromatic N) is 5. The van der Waals surface area contributed by atoms with Gasteiger partial charge in [0.05, 0.1) is 24.5 Å². The predicted molar refractivity (Wildman–Crippen MR) is 100 cm³/mol. The van der Waals surface area contributed by atoms with Crippen molar-refractivity contribution in [3.63, 3.8) is 0 Å². The molecule has 0 spiro atoms. The second-order valence-electron chi connectivity index (χ2n) is 6.74. The van der Waals surface area contributed by atoms with Crippen molar-refractivity contribution in [3.05, 3.63) is 70.9 Å². The molecule has 0 saturated carbocycles. The minimum absolute atomic E-state index is 0.161. The Bertz CT molecular complexity index is 1110. The summed E-state index contributed by atoms with van der Waals surface area (Å²) in [6, 6.07) is 9.94. The highest BCUT2D eigenvalue weighted by molar-refractivity contribution is 5.75. The van der Waals surface area contributed by atoms with Crippen LogP contribution in [0.25, 0.3) is 16.7 Å². The lowest BCUT2D eigenvalue weighted by Gasteiger charge is -2.22. The average Bonchev–Trinajstić information content (AvgIpc) is 3.43. The van der Waals surface area contributed by atoms with Crippen LogP contribution in [0.2, 0.25) is 0 Å². The molecular formula is C19H19N7O. The fraction of sp³-hybridized carbons (Fsp3) is 0.263. The van der Waals surface area contributed by atoms with Gasteiger partial charge in [-0.15, -0.1) is 0 Å². The van der Waals surface area contributed by atoms with Crippen molar-refractivity contribution in [3.8, 4) is 5.69 Å². The number of para-hydroxylation sites is 1. The van der Waals surface area contributed by atoms with Gasteiger partial charge in [-0.3, -0.25) is 9.69 Å². The Morgan fingerprint density at radius 3 is 2.93 bits per heavy atom. The second-order valence-corrected chi connectivity index (χ2v) is 6.74. The van der Waals surface area contributed by atoms with Crippen LogP contribution < -0.4 is 5.56 Å². The highest BCUT2D eigenvalue weighted by Gasteiger charge is 2.28. The summed E-state index contributed by atoms with van der Waals surface area (Å²) in [5.74, 6) is 1.61. The van der Waals surface area contributed by atoms with Gasteiger partial charge in [0.25, 0.3) is 5.56 Å². The molecule has 3 aromatic heterocycles. The number of imidazole rings is 1. The van der Waals surface area contributed by atoms with Crippen molar-refractivity contribution in [2.24, 2.45) is 0 Å². The molecule has 1 atom stereocenters. The largest absolute Gasteiger partial charge is 0.347 e. The summed E-state index contributed by atoms with van der Waals surface area (Å²) >= 11 is 0. The highest BCUT2D eigenvalue weighted by Crippen LogP contribution is 2.30.